The molecule has 0 fully saturated rings. The highest BCUT2D eigenvalue weighted by molar-refractivity contribution is 9.10. The highest BCUT2D eigenvalue weighted by atomic mass is 79.9. The van der Waals surface area contributed by atoms with Crippen LogP contribution in [0.3, 0.4) is 0 Å². The van der Waals surface area contributed by atoms with Crippen LogP contribution in [0.4, 0.5) is 18.9 Å². The van der Waals surface area contributed by atoms with Gasteiger partial charge in [0.25, 0.3) is 0 Å². The Labute approximate surface area is 110 Å². The summed E-state index contributed by atoms with van der Waals surface area (Å²) in [7, 11) is 0. The number of rotatable bonds is 5. The van der Waals surface area contributed by atoms with Gasteiger partial charge >= 0.3 is 6.18 Å². The predicted molar refractivity (Wildman–Crippen MR) is 64.5 cm³/mol. The first-order valence-electron chi connectivity index (χ1n) is 4.72. The molecular formula is C10H10BrClF3NO. The van der Waals surface area contributed by atoms with Crippen molar-refractivity contribution in [2.75, 3.05) is 25.1 Å². The normalized spacial score (nSPS) is 11.6. The minimum atomic E-state index is -4.28. The number of benzene rings is 1. The summed E-state index contributed by atoms with van der Waals surface area (Å²) in [5.74, 6) is 0. The molecule has 0 unspecified atom stereocenters. The number of anilines is 1. The SMILES string of the molecule is FC(F)(F)COCCNc1cccc(Cl)c1Br. The molecule has 0 spiro atoms. The maximum absolute atomic E-state index is 11.8. The molecule has 0 bridgehead atoms. The van der Waals surface area contributed by atoms with E-state index in [0.29, 0.717) is 15.2 Å². The molecule has 1 aromatic rings. The first kappa shape index (κ1) is 14.6. The second kappa shape index (κ2) is 6.47. The summed E-state index contributed by atoms with van der Waals surface area (Å²) in [6, 6.07) is 5.21. The molecule has 7 heteroatoms. The summed E-state index contributed by atoms with van der Waals surface area (Å²) in [4.78, 5) is 0. The van der Waals surface area contributed by atoms with Gasteiger partial charge in [0.1, 0.15) is 6.61 Å². The maximum Gasteiger partial charge on any atom is 0.411 e. The van der Waals surface area contributed by atoms with E-state index in [9.17, 15) is 13.2 Å². The monoisotopic (exact) mass is 331 g/mol. The summed E-state index contributed by atoms with van der Waals surface area (Å²) in [6.07, 6.45) is -4.28. The molecule has 0 aromatic heterocycles. The van der Waals surface area contributed by atoms with Crippen molar-refractivity contribution in [2.24, 2.45) is 0 Å². The van der Waals surface area contributed by atoms with E-state index in [0.717, 1.165) is 0 Å². The molecule has 0 aliphatic rings. The van der Waals surface area contributed by atoms with Gasteiger partial charge in [0, 0.05) is 6.54 Å². The molecule has 0 atom stereocenters. The number of hydrogen-bond acceptors (Lipinski definition) is 2. The van der Waals surface area contributed by atoms with Gasteiger partial charge < -0.3 is 10.1 Å². The van der Waals surface area contributed by atoms with Crippen LogP contribution in [0.5, 0.6) is 0 Å². The van der Waals surface area contributed by atoms with E-state index in [1.54, 1.807) is 18.2 Å². The molecule has 0 radical (unpaired) electrons. The summed E-state index contributed by atoms with van der Waals surface area (Å²) >= 11 is 9.11. The lowest BCUT2D eigenvalue weighted by Gasteiger charge is -2.10. The second-order valence-electron chi connectivity index (χ2n) is 3.20. The lowest BCUT2D eigenvalue weighted by molar-refractivity contribution is -0.172. The Balaban J connectivity index is 2.29. The van der Waals surface area contributed by atoms with Crippen molar-refractivity contribution in [1.29, 1.82) is 0 Å². The highest BCUT2D eigenvalue weighted by Crippen LogP contribution is 2.29. The van der Waals surface area contributed by atoms with E-state index >= 15 is 0 Å². The molecule has 0 amide bonds. The molecule has 1 N–H and O–H groups in total. The standard InChI is InChI=1S/C10H10BrClF3NO/c11-9-7(12)2-1-3-8(9)16-4-5-17-6-10(13,14)15/h1-3,16H,4-6H2. The lowest BCUT2D eigenvalue weighted by Crippen LogP contribution is -2.20. The van der Waals surface area contributed by atoms with Gasteiger partial charge in [-0.25, -0.2) is 0 Å². The summed E-state index contributed by atoms with van der Waals surface area (Å²) in [5, 5.41) is 3.45. The molecule has 2 nitrogen and oxygen atoms in total. The Bertz CT molecular complexity index is 373. The fraction of sp³-hybridized carbons (Fsp3) is 0.400. The van der Waals surface area contributed by atoms with Gasteiger partial charge in [0.05, 0.1) is 21.8 Å². The minimum absolute atomic E-state index is 0.0293. The van der Waals surface area contributed by atoms with Crippen LogP contribution in [0.2, 0.25) is 5.02 Å². The van der Waals surface area contributed by atoms with Crippen LogP contribution in [0.1, 0.15) is 0 Å². The van der Waals surface area contributed by atoms with E-state index in [1.165, 1.54) is 0 Å². The molecular weight excluding hydrogens is 322 g/mol. The maximum atomic E-state index is 11.8. The van der Waals surface area contributed by atoms with Gasteiger partial charge in [-0.3, -0.25) is 0 Å². The zero-order valence-corrected chi connectivity index (χ0v) is 11.0. The second-order valence-corrected chi connectivity index (χ2v) is 4.40. The van der Waals surface area contributed by atoms with Gasteiger partial charge in [-0.15, -0.1) is 0 Å². The third kappa shape index (κ3) is 5.61. The van der Waals surface area contributed by atoms with Crippen molar-refractivity contribution in [3.05, 3.63) is 27.7 Å². The number of nitrogens with one attached hydrogen (secondary N) is 1. The Morgan fingerprint density at radius 2 is 2.06 bits per heavy atom. The van der Waals surface area contributed by atoms with Crippen LogP contribution in [0.15, 0.2) is 22.7 Å². The van der Waals surface area contributed by atoms with E-state index < -0.39 is 12.8 Å². The first-order chi connectivity index (χ1) is 7.90. The van der Waals surface area contributed by atoms with Gasteiger partial charge in [0.15, 0.2) is 0 Å². The quantitative estimate of drug-likeness (QED) is 0.820. The Morgan fingerprint density at radius 1 is 1.35 bits per heavy atom. The predicted octanol–water partition coefficient (Wildman–Crippen LogP) is 4.09. The van der Waals surface area contributed by atoms with Gasteiger partial charge in [-0.05, 0) is 28.1 Å². The van der Waals surface area contributed by atoms with Crippen LogP contribution in [0.25, 0.3) is 0 Å². The van der Waals surface area contributed by atoms with Gasteiger partial charge in [-0.2, -0.15) is 13.2 Å². The van der Waals surface area contributed by atoms with Crippen LogP contribution in [-0.4, -0.2) is 25.9 Å². The number of ether oxygens (including phenoxy) is 1. The molecule has 17 heavy (non-hydrogen) atoms. The van der Waals surface area contributed by atoms with Crippen molar-refractivity contribution >= 4 is 33.2 Å². The van der Waals surface area contributed by atoms with Crippen LogP contribution in [-0.2, 0) is 4.74 Å². The minimum Gasteiger partial charge on any atom is -0.382 e. The Morgan fingerprint density at radius 3 is 2.71 bits per heavy atom. The van der Waals surface area contributed by atoms with E-state index in [2.05, 4.69) is 26.0 Å². The van der Waals surface area contributed by atoms with Crippen LogP contribution < -0.4 is 5.32 Å². The first-order valence-corrected chi connectivity index (χ1v) is 5.89. The van der Waals surface area contributed by atoms with Crippen molar-refractivity contribution in [3.63, 3.8) is 0 Å². The van der Waals surface area contributed by atoms with Crippen molar-refractivity contribution < 1.29 is 17.9 Å². The summed E-state index contributed by atoms with van der Waals surface area (Å²) < 4.78 is 40.4. The zero-order valence-electron chi connectivity index (χ0n) is 8.65. The average Bonchev–Trinajstić information content (AvgIpc) is 2.22. The fourth-order valence-corrected chi connectivity index (χ4v) is 1.67. The molecule has 0 aliphatic carbocycles. The molecule has 96 valence electrons. The van der Waals surface area contributed by atoms with Crippen molar-refractivity contribution in [2.45, 2.75) is 6.18 Å². The highest BCUT2D eigenvalue weighted by Gasteiger charge is 2.27. The lowest BCUT2D eigenvalue weighted by atomic mass is 10.3. The van der Waals surface area contributed by atoms with Crippen LogP contribution in [0, 0.1) is 0 Å². The zero-order chi connectivity index (χ0) is 12.9. The molecule has 0 aliphatic heterocycles. The summed E-state index contributed by atoms with van der Waals surface area (Å²) in [6.45, 7) is -0.987. The molecule has 0 saturated carbocycles. The average molecular weight is 333 g/mol. The third-order valence-electron chi connectivity index (χ3n) is 1.78. The van der Waals surface area contributed by atoms with E-state index in [4.69, 9.17) is 11.6 Å². The van der Waals surface area contributed by atoms with Crippen LogP contribution >= 0.6 is 27.5 Å². The molecule has 0 saturated heterocycles. The topological polar surface area (TPSA) is 21.3 Å². The molecule has 1 rings (SSSR count). The van der Waals surface area contributed by atoms with Crippen molar-refractivity contribution in [3.8, 4) is 0 Å². The van der Waals surface area contributed by atoms with Gasteiger partial charge in [-0.1, -0.05) is 17.7 Å². The molecule has 0 heterocycles. The van der Waals surface area contributed by atoms with Gasteiger partial charge in [0.2, 0.25) is 0 Å². The Kier molecular flexibility index (Phi) is 5.55. The smallest absolute Gasteiger partial charge is 0.382 e. The number of hydrogen-bond donors (Lipinski definition) is 1. The van der Waals surface area contributed by atoms with E-state index in [-0.39, 0.29) is 13.2 Å². The van der Waals surface area contributed by atoms with E-state index in [1.807, 2.05) is 0 Å². The summed E-state index contributed by atoms with van der Waals surface area (Å²) in [5.41, 5.74) is 0.716. The Hall–Kier alpha value is -0.460. The largest absolute Gasteiger partial charge is 0.411 e. The number of alkyl halides is 3. The third-order valence-corrected chi connectivity index (χ3v) is 3.18. The fourth-order valence-electron chi connectivity index (χ4n) is 1.09. The molecule has 1 aromatic carbocycles. The number of halogens is 5. The van der Waals surface area contributed by atoms with Crippen molar-refractivity contribution in [1.82, 2.24) is 0 Å².